The summed E-state index contributed by atoms with van der Waals surface area (Å²) in [6, 6.07) is 6.00. The molecular weight excluding hydrogens is 198 g/mol. The molecule has 0 heterocycles. The van der Waals surface area contributed by atoms with E-state index in [9.17, 15) is 5.11 Å². The Bertz CT molecular complexity index is 334. The molecule has 90 valence electrons. The van der Waals surface area contributed by atoms with Gasteiger partial charge in [-0.05, 0) is 50.0 Å². The number of hydrogen-bond donors (Lipinski definition) is 1. The molecule has 0 aliphatic heterocycles. The molecule has 2 nitrogen and oxygen atoms in total. The zero-order valence-corrected chi connectivity index (χ0v) is 10.8. The molecule has 1 rings (SSSR count). The van der Waals surface area contributed by atoms with Crippen LogP contribution in [-0.2, 0) is 6.42 Å². The van der Waals surface area contributed by atoms with Crippen molar-refractivity contribution in [1.29, 1.82) is 0 Å². The molecule has 1 unspecified atom stereocenters. The molecule has 16 heavy (non-hydrogen) atoms. The quantitative estimate of drug-likeness (QED) is 0.826. The van der Waals surface area contributed by atoms with Crippen LogP contribution in [0.5, 0.6) is 5.75 Å². The lowest BCUT2D eigenvalue weighted by Crippen LogP contribution is -2.15. The molecule has 0 aromatic heterocycles. The van der Waals surface area contributed by atoms with Gasteiger partial charge < -0.3 is 10.0 Å². The molecule has 0 aliphatic carbocycles. The summed E-state index contributed by atoms with van der Waals surface area (Å²) >= 11 is 0. The molecule has 0 fully saturated rings. The Morgan fingerprint density at radius 3 is 2.56 bits per heavy atom. The third kappa shape index (κ3) is 3.53. The number of likely N-dealkylation sites (N-methyl/N-ethyl adjacent to an activating group) is 1. The van der Waals surface area contributed by atoms with Crippen LogP contribution >= 0.6 is 0 Å². The van der Waals surface area contributed by atoms with Gasteiger partial charge in [0, 0.05) is 6.54 Å². The van der Waals surface area contributed by atoms with E-state index in [1.165, 1.54) is 5.56 Å². The van der Waals surface area contributed by atoms with Gasteiger partial charge in [-0.15, -0.1) is 0 Å². The van der Waals surface area contributed by atoms with Crippen molar-refractivity contribution < 1.29 is 5.11 Å². The van der Waals surface area contributed by atoms with Gasteiger partial charge >= 0.3 is 0 Å². The van der Waals surface area contributed by atoms with E-state index in [4.69, 9.17) is 0 Å². The van der Waals surface area contributed by atoms with E-state index < -0.39 is 0 Å². The van der Waals surface area contributed by atoms with Crippen LogP contribution in [-0.4, -0.2) is 30.6 Å². The van der Waals surface area contributed by atoms with Gasteiger partial charge in [0.25, 0.3) is 0 Å². The van der Waals surface area contributed by atoms with Crippen LogP contribution < -0.4 is 0 Å². The minimum absolute atomic E-state index is 0.425. The molecule has 0 saturated carbocycles. The molecule has 0 amide bonds. The molecule has 1 aromatic rings. The van der Waals surface area contributed by atoms with Crippen molar-refractivity contribution in [2.75, 3.05) is 20.6 Å². The smallest absolute Gasteiger partial charge is 0.118 e. The highest BCUT2D eigenvalue weighted by atomic mass is 16.3. The van der Waals surface area contributed by atoms with Crippen molar-refractivity contribution in [3.8, 4) is 5.75 Å². The summed E-state index contributed by atoms with van der Waals surface area (Å²) in [4.78, 5) is 2.13. The number of rotatable bonds is 5. The summed E-state index contributed by atoms with van der Waals surface area (Å²) in [5, 5.41) is 9.78. The van der Waals surface area contributed by atoms with Crippen LogP contribution in [0.25, 0.3) is 0 Å². The third-order valence-electron chi connectivity index (χ3n) is 3.11. The van der Waals surface area contributed by atoms with Crippen molar-refractivity contribution in [3.63, 3.8) is 0 Å². The lowest BCUT2D eigenvalue weighted by Gasteiger charge is -2.14. The zero-order chi connectivity index (χ0) is 12.1. The number of phenols is 1. The van der Waals surface area contributed by atoms with Crippen molar-refractivity contribution in [2.45, 2.75) is 32.6 Å². The van der Waals surface area contributed by atoms with Crippen LogP contribution in [0.1, 0.15) is 37.3 Å². The van der Waals surface area contributed by atoms with Gasteiger partial charge in [-0.1, -0.05) is 26.0 Å². The van der Waals surface area contributed by atoms with Gasteiger partial charge in [0.1, 0.15) is 5.75 Å². The normalized spacial score (nSPS) is 13.1. The topological polar surface area (TPSA) is 23.5 Å². The SMILES string of the molecule is CCC(C)c1ccc(O)c(CCN(C)C)c1. The Hall–Kier alpha value is -1.02. The maximum Gasteiger partial charge on any atom is 0.118 e. The highest BCUT2D eigenvalue weighted by Gasteiger charge is 2.07. The molecule has 1 atom stereocenters. The lowest BCUT2D eigenvalue weighted by atomic mass is 9.95. The first-order valence-corrected chi connectivity index (χ1v) is 6.01. The fourth-order valence-corrected chi connectivity index (χ4v) is 1.69. The largest absolute Gasteiger partial charge is 0.508 e. The zero-order valence-electron chi connectivity index (χ0n) is 10.8. The van der Waals surface area contributed by atoms with E-state index in [1.54, 1.807) is 0 Å². The fraction of sp³-hybridized carbons (Fsp3) is 0.571. The maximum absolute atomic E-state index is 9.78. The van der Waals surface area contributed by atoms with E-state index in [1.807, 2.05) is 12.1 Å². The summed E-state index contributed by atoms with van der Waals surface area (Å²) in [5.41, 5.74) is 2.39. The highest BCUT2D eigenvalue weighted by molar-refractivity contribution is 5.37. The molecular formula is C14H23NO. The van der Waals surface area contributed by atoms with E-state index in [0.29, 0.717) is 11.7 Å². The van der Waals surface area contributed by atoms with Crippen LogP contribution in [0.2, 0.25) is 0 Å². The van der Waals surface area contributed by atoms with Gasteiger partial charge in [-0.25, -0.2) is 0 Å². The minimum Gasteiger partial charge on any atom is -0.508 e. The Morgan fingerprint density at radius 1 is 1.31 bits per heavy atom. The van der Waals surface area contributed by atoms with Gasteiger partial charge in [0.2, 0.25) is 0 Å². The standard InChI is InChI=1S/C14H23NO/c1-5-11(2)12-6-7-14(16)13(10-12)8-9-15(3)4/h6-7,10-11,16H,5,8-9H2,1-4H3. The van der Waals surface area contributed by atoms with Gasteiger partial charge in [-0.2, -0.15) is 0 Å². The lowest BCUT2D eigenvalue weighted by molar-refractivity contribution is 0.406. The Morgan fingerprint density at radius 2 is 2.00 bits per heavy atom. The van der Waals surface area contributed by atoms with Crippen LogP contribution in [0.4, 0.5) is 0 Å². The van der Waals surface area contributed by atoms with E-state index >= 15 is 0 Å². The highest BCUT2D eigenvalue weighted by Crippen LogP contribution is 2.25. The second-order valence-corrected chi connectivity index (χ2v) is 4.75. The van der Waals surface area contributed by atoms with Gasteiger partial charge in [-0.3, -0.25) is 0 Å². The average molecular weight is 221 g/mol. The Kier molecular flexibility index (Phi) is 4.81. The van der Waals surface area contributed by atoms with Crippen molar-refractivity contribution >= 4 is 0 Å². The van der Waals surface area contributed by atoms with Gasteiger partial charge in [0.15, 0.2) is 0 Å². The Labute approximate surface area is 98.9 Å². The summed E-state index contributed by atoms with van der Waals surface area (Å²) < 4.78 is 0. The predicted octanol–water partition coefficient (Wildman–Crippen LogP) is 3.01. The molecule has 0 radical (unpaired) electrons. The molecule has 0 spiro atoms. The first-order valence-electron chi connectivity index (χ1n) is 6.01. The molecule has 1 N–H and O–H groups in total. The second kappa shape index (κ2) is 5.90. The third-order valence-corrected chi connectivity index (χ3v) is 3.11. The van der Waals surface area contributed by atoms with Crippen LogP contribution in [0.15, 0.2) is 18.2 Å². The van der Waals surface area contributed by atoms with Crippen molar-refractivity contribution in [3.05, 3.63) is 29.3 Å². The predicted molar refractivity (Wildman–Crippen MR) is 69.1 cm³/mol. The van der Waals surface area contributed by atoms with Crippen LogP contribution in [0, 0.1) is 0 Å². The minimum atomic E-state index is 0.425. The van der Waals surface area contributed by atoms with Gasteiger partial charge in [0.05, 0.1) is 0 Å². The first-order chi connectivity index (χ1) is 7.54. The molecule has 0 bridgehead atoms. The number of phenolic OH excluding ortho intramolecular Hbond substituents is 1. The number of aromatic hydroxyl groups is 1. The Balaban J connectivity index is 2.82. The number of benzene rings is 1. The first kappa shape index (κ1) is 13.0. The monoisotopic (exact) mass is 221 g/mol. The maximum atomic E-state index is 9.78. The van der Waals surface area contributed by atoms with Crippen LogP contribution in [0.3, 0.4) is 0 Å². The van der Waals surface area contributed by atoms with Crippen molar-refractivity contribution in [2.24, 2.45) is 0 Å². The van der Waals surface area contributed by atoms with Crippen molar-refractivity contribution in [1.82, 2.24) is 4.90 Å². The molecule has 0 aliphatic rings. The second-order valence-electron chi connectivity index (χ2n) is 4.75. The summed E-state index contributed by atoms with van der Waals surface area (Å²) in [6.45, 7) is 5.39. The van der Waals surface area contributed by atoms with E-state index in [-0.39, 0.29) is 0 Å². The summed E-state index contributed by atoms with van der Waals surface area (Å²) in [5.74, 6) is 0.993. The summed E-state index contributed by atoms with van der Waals surface area (Å²) in [6.07, 6.45) is 2.04. The molecule has 1 aromatic carbocycles. The average Bonchev–Trinajstić information content (AvgIpc) is 2.26. The number of nitrogens with zero attached hydrogens (tertiary/aromatic N) is 1. The number of hydrogen-bond acceptors (Lipinski definition) is 2. The van der Waals surface area contributed by atoms with E-state index in [2.05, 4.69) is 38.9 Å². The fourth-order valence-electron chi connectivity index (χ4n) is 1.69. The molecule has 0 saturated heterocycles. The molecule has 2 heteroatoms. The van der Waals surface area contributed by atoms with E-state index in [0.717, 1.165) is 24.9 Å². The summed E-state index contributed by atoms with van der Waals surface area (Å²) in [7, 11) is 4.10.